The van der Waals surface area contributed by atoms with Crippen molar-refractivity contribution in [1.29, 1.82) is 0 Å². The monoisotopic (exact) mass is 428 g/mol. The fraction of sp³-hybridized carbons (Fsp3) is 0.556. The molecule has 28 heavy (non-hydrogen) atoms. The first-order valence-corrected chi connectivity index (χ1v) is 10.7. The van der Waals surface area contributed by atoms with Crippen molar-refractivity contribution in [3.63, 3.8) is 0 Å². The normalized spacial score (nSPS) is 20.1. The third-order valence-electron chi connectivity index (χ3n) is 5.39. The number of nitrogens with zero attached hydrogens (tertiary/aromatic N) is 3. The van der Waals surface area contributed by atoms with Gasteiger partial charge in [-0.2, -0.15) is 9.29 Å². The van der Waals surface area contributed by atoms with Gasteiger partial charge in [0.2, 0.25) is 10.0 Å². The van der Waals surface area contributed by atoms with Crippen molar-refractivity contribution in [2.45, 2.75) is 43.0 Å². The summed E-state index contributed by atoms with van der Waals surface area (Å²) in [6.07, 6.45) is 3.76. The smallest absolute Gasteiger partial charge is 0.258 e. The number of hydrogen-bond acceptors (Lipinski definition) is 7. The number of morpholine rings is 1. The van der Waals surface area contributed by atoms with E-state index in [9.17, 15) is 8.42 Å². The van der Waals surface area contributed by atoms with Crippen molar-refractivity contribution in [1.82, 2.24) is 14.4 Å². The summed E-state index contributed by atoms with van der Waals surface area (Å²) in [5, 5.41) is 4.06. The summed E-state index contributed by atoms with van der Waals surface area (Å²) in [6, 6.07) is 5.17. The first-order valence-electron chi connectivity index (χ1n) is 9.22. The van der Waals surface area contributed by atoms with Gasteiger partial charge in [0.05, 0.1) is 23.6 Å². The topological polar surface area (TPSA) is 112 Å². The highest BCUT2D eigenvalue weighted by Crippen LogP contribution is 2.36. The molecule has 8 nitrogen and oxygen atoms in total. The summed E-state index contributed by atoms with van der Waals surface area (Å²) in [7, 11) is -3.61. The van der Waals surface area contributed by atoms with E-state index < -0.39 is 15.6 Å². The fourth-order valence-corrected chi connectivity index (χ4v) is 5.37. The lowest BCUT2D eigenvalue weighted by molar-refractivity contribution is 0.0730. The van der Waals surface area contributed by atoms with Gasteiger partial charge in [0, 0.05) is 18.7 Å². The standard InChI is InChI=1S/C18H24N4O4S.ClH/c1-13-4-5-14(12-15(13)27(23,24)22-8-10-25-11-9-22)16-20-17(21-26-16)18(19)6-2-3-7-18;/h4-5,12H,2-3,6-11,19H2,1H3;1H. The number of benzene rings is 1. The fourth-order valence-electron chi connectivity index (χ4n) is 3.71. The van der Waals surface area contributed by atoms with E-state index in [0.29, 0.717) is 49.1 Å². The lowest BCUT2D eigenvalue weighted by Crippen LogP contribution is -2.40. The number of aryl methyl sites for hydroxylation is 1. The van der Waals surface area contributed by atoms with E-state index in [4.69, 9.17) is 15.0 Å². The summed E-state index contributed by atoms with van der Waals surface area (Å²) in [5.74, 6) is 0.785. The number of ether oxygens (including phenoxy) is 1. The number of nitrogens with two attached hydrogens (primary N) is 1. The molecule has 1 aliphatic heterocycles. The molecule has 0 unspecified atom stereocenters. The molecular weight excluding hydrogens is 404 g/mol. The first-order chi connectivity index (χ1) is 12.9. The molecular formula is C18H25ClN4O4S. The molecule has 1 saturated heterocycles. The third kappa shape index (κ3) is 3.81. The maximum Gasteiger partial charge on any atom is 0.258 e. The highest BCUT2D eigenvalue weighted by Gasteiger charge is 2.36. The van der Waals surface area contributed by atoms with Crippen LogP contribution in [0.1, 0.15) is 37.1 Å². The number of hydrogen-bond donors (Lipinski definition) is 1. The predicted octanol–water partition coefficient (Wildman–Crippen LogP) is 2.22. The van der Waals surface area contributed by atoms with Crippen molar-refractivity contribution >= 4 is 22.4 Å². The minimum absolute atomic E-state index is 0. The van der Waals surface area contributed by atoms with Crippen LogP contribution in [0.3, 0.4) is 0 Å². The number of rotatable bonds is 4. The van der Waals surface area contributed by atoms with Gasteiger partial charge < -0.3 is 15.0 Å². The van der Waals surface area contributed by atoms with Gasteiger partial charge in [0.15, 0.2) is 5.82 Å². The predicted molar refractivity (Wildman–Crippen MR) is 106 cm³/mol. The average molecular weight is 429 g/mol. The minimum Gasteiger partial charge on any atom is -0.379 e. The maximum absolute atomic E-state index is 13.0. The summed E-state index contributed by atoms with van der Waals surface area (Å²) in [4.78, 5) is 4.72. The number of halogens is 1. The van der Waals surface area contributed by atoms with E-state index in [1.165, 1.54) is 4.31 Å². The zero-order valence-electron chi connectivity index (χ0n) is 15.8. The van der Waals surface area contributed by atoms with Gasteiger partial charge in [0.1, 0.15) is 0 Å². The van der Waals surface area contributed by atoms with Crippen LogP contribution < -0.4 is 5.73 Å². The quantitative estimate of drug-likeness (QED) is 0.794. The van der Waals surface area contributed by atoms with Gasteiger partial charge in [0.25, 0.3) is 5.89 Å². The second-order valence-electron chi connectivity index (χ2n) is 7.28. The number of aromatic nitrogens is 2. The second-order valence-corrected chi connectivity index (χ2v) is 9.19. The molecule has 0 bridgehead atoms. The van der Waals surface area contributed by atoms with Crippen LogP contribution in [0.5, 0.6) is 0 Å². The maximum atomic E-state index is 13.0. The SMILES string of the molecule is Cc1ccc(-c2nc(C3(N)CCCC3)no2)cc1S(=O)(=O)N1CCOCC1.Cl. The van der Waals surface area contributed by atoms with Crippen molar-refractivity contribution in [3.8, 4) is 11.5 Å². The molecule has 1 saturated carbocycles. The van der Waals surface area contributed by atoms with Gasteiger partial charge in [-0.05, 0) is 37.5 Å². The van der Waals surface area contributed by atoms with E-state index in [-0.39, 0.29) is 17.3 Å². The van der Waals surface area contributed by atoms with Gasteiger partial charge in [-0.1, -0.05) is 24.1 Å². The van der Waals surface area contributed by atoms with Crippen molar-refractivity contribution in [2.24, 2.45) is 5.73 Å². The zero-order chi connectivity index (χ0) is 19.1. The average Bonchev–Trinajstić information content (AvgIpc) is 3.33. The molecule has 0 atom stereocenters. The third-order valence-corrected chi connectivity index (χ3v) is 7.43. The van der Waals surface area contributed by atoms with Crippen LogP contribution in [0.15, 0.2) is 27.6 Å². The van der Waals surface area contributed by atoms with Gasteiger partial charge in [-0.3, -0.25) is 0 Å². The molecule has 2 aliphatic rings. The second kappa shape index (κ2) is 8.08. The minimum atomic E-state index is -3.61. The summed E-state index contributed by atoms with van der Waals surface area (Å²) < 4.78 is 38.2. The Labute approximate surface area is 170 Å². The van der Waals surface area contributed by atoms with E-state index in [1.54, 1.807) is 25.1 Å². The van der Waals surface area contributed by atoms with Crippen molar-refractivity contribution in [2.75, 3.05) is 26.3 Å². The Hall–Kier alpha value is -1.52. The Morgan fingerprint density at radius 1 is 1.18 bits per heavy atom. The zero-order valence-corrected chi connectivity index (χ0v) is 17.4. The highest BCUT2D eigenvalue weighted by molar-refractivity contribution is 7.89. The summed E-state index contributed by atoms with van der Waals surface area (Å²) in [6.45, 7) is 3.30. The van der Waals surface area contributed by atoms with Gasteiger partial charge in [-0.25, -0.2) is 8.42 Å². The molecule has 1 aliphatic carbocycles. The first kappa shape index (κ1) is 21.2. The van der Waals surface area contributed by atoms with E-state index >= 15 is 0 Å². The molecule has 2 aromatic rings. The molecule has 0 radical (unpaired) electrons. The molecule has 0 amide bonds. The van der Waals surface area contributed by atoms with Gasteiger partial charge >= 0.3 is 0 Å². The van der Waals surface area contributed by atoms with Crippen LogP contribution in [-0.2, 0) is 20.3 Å². The lowest BCUT2D eigenvalue weighted by Gasteiger charge is -2.26. The largest absolute Gasteiger partial charge is 0.379 e. The summed E-state index contributed by atoms with van der Waals surface area (Å²) >= 11 is 0. The molecule has 4 rings (SSSR count). The van der Waals surface area contributed by atoms with Crippen LogP contribution in [-0.4, -0.2) is 49.2 Å². The molecule has 154 valence electrons. The number of sulfonamides is 1. The molecule has 2 heterocycles. The van der Waals surface area contributed by atoms with Crippen LogP contribution in [0.25, 0.3) is 11.5 Å². The Kier molecular flexibility index (Phi) is 6.11. The van der Waals surface area contributed by atoms with E-state index in [1.807, 2.05) is 0 Å². The van der Waals surface area contributed by atoms with Crippen LogP contribution in [0.4, 0.5) is 0 Å². The Morgan fingerprint density at radius 3 is 2.54 bits per heavy atom. The lowest BCUT2D eigenvalue weighted by atomic mass is 9.99. The molecule has 1 aromatic carbocycles. The Bertz CT molecular complexity index is 935. The molecule has 2 N–H and O–H groups in total. The van der Waals surface area contributed by atoms with E-state index in [0.717, 1.165) is 25.7 Å². The van der Waals surface area contributed by atoms with Crippen LogP contribution >= 0.6 is 12.4 Å². The Balaban J connectivity index is 0.00000225. The molecule has 1 aromatic heterocycles. The van der Waals surface area contributed by atoms with E-state index in [2.05, 4.69) is 10.1 Å². The van der Waals surface area contributed by atoms with Gasteiger partial charge in [-0.15, -0.1) is 12.4 Å². The molecule has 10 heteroatoms. The highest BCUT2D eigenvalue weighted by atomic mass is 35.5. The Morgan fingerprint density at radius 2 is 1.86 bits per heavy atom. The van der Waals surface area contributed by atoms with Crippen molar-refractivity contribution in [3.05, 3.63) is 29.6 Å². The van der Waals surface area contributed by atoms with Crippen LogP contribution in [0, 0.1) is 6.92 Å². The molecule has 2 fully saturated rings. The van der Waals surface area contributed by atoms with Crippen molar-refractivity contribution < 1.29 is 17.7 Å². The summed E-state index contributed by atoms with van der Waals surface area (Å²) in [5.41, 5.74) is 7.10. The van der Waals surface area contributed by atoms with Crippen LogP contribution in [0.2, 0.25) is 0 Å². The molecule has 0 spiro atoms.